The minimum atomic E-state index is -4.07. The molecule has 0 heterocycles. The van der Waals surface area contributed by atoms with Crippen LogP contribution in [0.5, 0.6) is 5.75 Å². The summed E-state index contributed by atoms with van der Waals surface area (Å²) in [7, 11) is 3.64. The highest BCUT2D eigenvalue weighted by Crippen LogP contribution is 2.45. The lowest BCUT2D eigenvalue weighted by molar-refractivity contribution is -0.187. The van der Waals surface area contributed by atoms with Gasteiger partial charge in [0.15, 0.2) is 0 Å². The van der Waals surface area contributed by atoms with Gasteiger partial charge in [0.2, 0.25) is 0 Å². The van der Waals surface area contributed by atoms with Crippen LogP contribution >= 0.6 is 0 Å². The molecule has 0 bridgehead atoms. The Hall–Kier alpha value is -1.89. The molecule has 0 atom stereocenters. The lowest BCUT2D eigenvalue weighted by Crippen LogP contribution is -2.26. The summed E-state index contributed by atoms with van der Waals surface area (Å²) in [6.45, 7) is 1.19. The summed E-state index contributed by atoms with van der Waals surface area (Å²) in [5, 5.41) is 0. The van der Waals surface area contributed by atoms with Crippen LogP contribution in [-0.4, -0.2) is 10.2 Å². The van der Waals surface area contributed by atoms with Gasteiger partial charge in [0.05, 0.1) is 5.56 Å². The molecule has 2 aromatic rings. The van der Waals surface area contributed by atoms with E-state index in [-0.39, 0.29) is 11.5 Å². The van der Waals surface area contributed by atoms with Crippen molar-refractivity contribution in [3.63, 3.8) is 0 Å². The molecule has 0 N–H and O–H groups in total. The van der Waals surface area contributed by atoms with Crippen LogP contribution in [0.3, 0.4) is 0 Å². The average molecular weight is 494 g/mol. The van der Waals surface area contributed by atoms with E-state index in [0.29, 0.717) is 23.6 Å². The Morgan fingerprint density at radius 1 is 0.824 bits per heavy atom. The number of alkyl halides is 2. The van der Waals surface area contributed by atoms with Crippen molar-refractivity contribution in [2.75, 3.05) is 0 Å². The number of rotatable bonds is 6. The van der Waals surface area contributed by atoms with Crippen LogP contribution in [0, 0.1) is 42.1 Å². The van der Waals surface area contributed by atoms with Crippen LogP contribution in [0.25, 0.3) is 0 Å². The van der Waals surface area contributed by atoms with Crippen molar-refractivity contribution in [1.82, 2.24) is 0 Å². The Kier molecular flexibility index (Phi) is 7.70. The Morgan fingerprint density at radius 3 is 1.91 bits per heavy atom. The Morgan fingerprint density at radius 2 is 1.38 bits per heavy atom. The lowest BCUT2D eigenvalue weighted by atomic mass is 9.68. The number of hydrogen-bond acceptors (Lipinski definition) is 1. The Balaban J connectivity index is 1.39. The molecule has 2 fully saturated rings. The van der Waals surface area contributed by atoms with Crippen LogP contribution in [-0.2, 0) is 6.11 Å². The predicted octanol–water partition coefficient (Wildman–Crippen LogP) is 8.21. The molecule has 0 spiro atoms. The molecule has 0 saturated heterocycles. The second-order valence-corrected chi connectivity index (χ2v) is 10.4. The maximum atomic E-state index is 14.8. The molecule has 34 heavy (non-hydrogen) atoms. The summed E-state index contributed by atoms with van der Waals surface area (Å²) < 4.78 is 75.9. The van der Waals surface area contributed by atoms with Crippen molar-refractivity contribution in [3.05, 3.63) is 64.5 Å². The van der Waals surface area contributed by atoms with Gasteiger partial charge in [-0.05, 0) is 86.8 Å². The second-order valence-electron chi connectivity index (χ2n) is 9.97. The van der Waals surface area contributed by atoms with Crippen molar-refractivity contribution >= 4 is 10.2 Å². The zero-order valence-corrected chi connectivity index (χ0v) is 20.4. The van der Waals surface area contributed by atoms with Crippen LogP contribution in [0.1, 0.15) is 74.0 Å². The van der Waals surface area contributed by atoms with Crippen LogP contribution in [0.4, 0.5) is 22.0 Å². The summed E-state index contributed by atoms with van der Waals surface area (Å²) in [4.78, 5) is 0. The summed E-state index contributed by atoms with van der Waals surface area (Å²) in [6, 6.07) is 6.13. The maximum absolute atomic E-state index is 14.8. The van der Waals surface area contributed by atoms with Crippen molar-refractivity contribution < 1.29 is 26.7 Å². The van der Waals surface area contributed by atoms with Gasteiger partial charge in [0.25, 0.3) is 0 Å². The summed E-state index contributed by atoms with van der Waals surface area (Å²) in [5.74, 6) is -1.39. The highest BCUT2D eigenvalue weighted by molar-refractivity contribution is 6.08. The minimum absolute atomic E-state index is 0.146. The van der Waals surface area contributed by atoms with Crippen molar-refractivity contribution in [2.45, 2.75) is 76.4 Å². The molecule has 0 aromatic heterocycles. The largest absolute Gasteiger partial charge is 0.429 e. The topological polar surface area (TPSA) is 9.23 Å². The van der Waals surface area contributed by atoms with Crippen molar-refractivity contribution in [2.24, 2.45) is 17.8 Å². The number of hydrogen-bond donors (Lipinski definition) is 0. The third-order valence-corrected chi connectivity index (χ3v) is 8.47. The molecular formula is C27H30F5OSi. The minimum Gasteiger partial charge on any atom is -0.429 e. The summed E-state index contributed by atoms with van der Waals surface area (Å²) in [6.07, 6.45) is 5.06. The molecule has 0 unspecified atom stereocenters. The van der Waals surface area contributed by atoms with Gasteiger partial charge in [-0.15, -0.1) is 0 Å². The highest BCUT2D eigenvalue weighted by atomic mass is 28.1. The van der Waals surface area contributed by atoms with Gasteiger partial charge in [-0.3, -0.25) is 0 Å². The van der Waals surface area contributed by atoms with E-state index < -0.39 is 34.9 Å². The Bertz CT molecular complexity index is 972. The first-order valence-corrected chi connectivity index (χ1v) is 12.9. The summed E-state index contributed by atoms with van der Waals surface area (Å²) in [5.41, 5.74) is -0.534. The first-order valence-electron chi connectivity index (χ1n) is 12.1. The van der Waals surface area contributed by atoms with Crippen LogP contribution < -0.4 is 4.74 Å². The van der Waals surface area contributed by atoms with Gasteiger partial charge in [0.1, 0.15) is 23.2 Å². The van der Waals surface area contributed by atoms with Crippen molar-refractivity contribution in [1.29, 1.82) is 0 Å². The molecule has 183 valence electrons. The van der Waals surface area contributed by atoms with Gasteiger partial charge in [0, 0.05) is 27.9 Å². The zero-order valence-electron chi connectivity index (χ0n) is 19.4. The van der Waals surface area contributed by atoms with E-state index in [2.05, 4.69) is 15.0 Å². The van der Waals surface area contributed by atoms with E-state index in [0.717, 1.165) is 55.7 Å². The fourth-order valence-electron chi connectivity index (χ4n) is 5.69. The molecule has 2 aliphatic carbocycles. The predicted molar refractivity (Wildman–Crippen MR) is 123 cm³/mol. The lowest BCUT2D eigenvalue weighted by Gasteiger charge is -2.38. The van der Waals surface area contributed by atoms with E-state index >= 15 is 0 Å². The summed E-state index contributed by atoms with van der Waals surface area (Å²) >= 11 is 0. The molecule has 0 aliphatic heterocycles. The third kappa shape index (κ3) is 5.50. The first kappa shape index (κ1) is 25.2. The molecule has 3 radical (unpaired) electrons. The normalized spacial score (nSPS) is 25.9. The molecule has 2 aromatic carbocycles. The maximum Gasteiger partial charge on any atom is 0.429 e. The van der Waals surface area contributed by atoms with Crippen molar-refractivity contribution in [3.8, 4) is 5.75 Å². The SMILES string of the molecule is Cc1c(F)cc(OC(F)(F)c2ccc(C3CCC(C4CCC(C[Si])CC4)CC3)cc2F)cc1F. The van der Waals surface area contributed by atoms with Gasteiger partial charge in [-0.2, -0.15) is 8.78 Å². The van der Waals surface area contributed by atoms with E-state index in [1.807, 2.05) is 0 Å². The van der Waals surface area contributed by atoms with E-state index in [1.54, 1.807) is 0 Å². The smallest absolute Gasteiger partial charge is 0.429 e. The van der Waals surface area contributed by atoms with E-state index in [9.17, 15) is 22.0 Å². The first-order chi connectivity index (χ1) is 16.2. The average Bonchev–Trinajstić information content (AvgIpc) is 2.82. The third-order valence-electron chi connectivity index (χ3n) is 7.90. The van der Waals surface area contributed by atoms with Crippen LogP contribution in [0.2, 0.25) is 6.04 Å². The number of halogens is 5. The monoisotopic (exact) mass is 493 g/mol. The van der Waals surface area contributed by atoms with Gasteiger partial charge >= 0.3 is 6.11 Å². The molecule has 2 saturated carbocycles. The number of benzene rings is 2. The molecule has 2 aliphatic rings. The van der Waals surface area contributed by atoms with Gasteiger partial charge in [-0.1, -0.05) is 25.0 Å². The Labute approximate surface area is 201 Å². The fraction of sp³-hybridized carbons (Fsp3) is 0.556. The zero-order chi connectivity index (χ0) is 24.5. The molecule has 4 rings (SSSR count). The molecule has 0 amide bonds. The standard InChI is InChI=1S/C27H30F5OSi/c1-16-24(28)13-22(14-25(16)29)33-27(31,32)23-11-10-21(12-26(23)30)20-8-6-19(7-9-20)18-4-2-17(15-34)3-5-18/h10-14,17-20H,2-9,15H2,1H3. The van der Waals surface area contributed by atoms with Gasteiger partial charge < -0.3 is 4.74 Å². The van der Waals surface area contributed by atoms with Gasteiger partial charge in [-0.25, -0.2) is 13.2 Å². The van der Waals surface area contributed by atoms with E-state index in [1.165, 1.54) is 38.7 Å². The molecular weight excluding hydrogens is 463 g/mol. The molecule has 7 heteroatoms. The van der Waals surface area contributed by atoms with Crippen LogP contribution in [0.15, 0.2) is 30.3 Å². The number of ether oxygens (including phenoxy) is 1. The fourth-order valence-corrected chi connectivity index (χ4v) is 6.10. The van der Waals surface area contributed by atoms with E-state index in [4.69, 9.17) is 0 Å². The highest BCUT2D eigenvalue weighted by Gasteiger charge is 2.39. The quantitative estimate of drug-likeness (QED) is 0.291. The molecule has 1 nitrogen and oxygen atoms in total. The second kappa shape index (κ2) is 10.4.